The Morgan fingerprint density at radius 1 is 1.17 bits per heavy atom. The molecule has 0 aromatic carbocycles. The maximum Gasteiger partial charge on any atom is 0.329 e. The SMILES string of the molecule is Cc1ccnc(-c2ccc(CP(=O)(O)O)cn2)c1. The minimum absolute atomic E-state index is 0.290. The van der Waals surface area contributed by atoms with Crippen LogP contribution in [0.25, 0.3) is 11.4 Å². The molecule has 0 amide bonds. The van der Waals surface area contributed by atoms with Gasteiger partial charge in [-0.15, -0.1) is 0 Å². The zero-order valence-corrected chi connectivity index (χ0v) is 10.7. The molecule has 0 aliphatic rings. The normalized spacial score (nSPS) is 11.5. The van der Waals surface area contributed by atoms with E-state index < -0.39 is 7.60 Å². The predicted molar refractivity (Wildman–Crippen MR) is 68.0 cm³/mol. The van der Waals surface area contributed by atoms with Gasteiger partial charge in [0.2, 0.25) is 0 Å². The van der Waals surface area contributed by atoms with Gasteiger partial charge in [0.1, 0.15) is 0 Å². The molecule has 2 N–H and O–H groups in total. The Hall–Kier alpha value is -1.55. The van der Waals surface area contributed by atoms with E-state index in [-0.39, 0.29) is 6.16 Å². The van der Waals surface area contributed by atoms with Gasteiger partial charge in [-0.1, -0.05) is 6.07 Å². The average molecular weight is 264 g/mol. The number of hydrogen-bond acceptors (Lipinski definition) is 3. The maximum absolute atomic E-state index is 10.9. The van der Waals surface area contributed by atoms with Gasteiger partial charge in [0.05, 0.1) is 17.5 Å². The monoisotopic (exact) mass is 264 g/mol. The number of nitrogens with zero attached hydrogens (tertiary/aromatic N) is 2. The van der Waals surface area contributed by atoms with Gasteiger partial charge < -0.3 is 9.79 Å². The first-order chi connectivity index (χ1) is 8.44. The van der Waals surface area contributed by atoms with E-state index in [4.69, 9.17) is 9.79 Å². The second kappa shape index (κ2) is 4.98. The molecule has 0 bridgehead atoms. The van der Waals surface area contributed by atoms with Crippen LogP contribution in [0, 0.1) is 6.92 Å². The van der Waals surface area contributed by atoms with Crippen LogP contribution in [0.2, 0.25) is 0 Å². The van der Waals surface area contributed by atoms with Gasteiger partial charge in [0.25, 0.3) is 0 Å². The lowest BCUT2D eigenvalue weighted by Gasteiger charge is -2.05. The van der Waals surface area contributed by atoms with E-state index >= 15 is 0 Å². The maximum atomic E-state index is 10.9. The quantitative estimate of drug-likeness (QED) is 0.830. The van der Waals surface area contributed by atoms with Crippen molar-refractivity contribution in [3.8, 4) is 11.4 Å². The molecule has 0 unspecified atom stereocenters. The molecule has 0 atom stereocenters. The zero-order chi connectivity index (χ0) is 13.2. The van der Waals surface area contributed by atoms with Gasteiger partial charge >= 0.3 is 7.60 Å². The Bertz CT molecular complexity index is 593. The third-order valence-electron chi connectivity index (χ3n) is 2.39. The highest BCUT2D eigenvalue weighted by Crippen LogP contribution is 2.38. The Morgan fingerprint density at radius 3 is 2.50 bits per heavy atom. The van der Waals surface area contributed by atoms with Crippen LogP contribution in [-0.2, 0) is 10.7 Å². The van der Waals surface area contributed by atoms with Crippen molar-refractivity contribution in [1.82, 2.24) is 9.97 Å². The molecule has 5 nitrogen and oxygen atoms in total. The van der Waals surface area contributed by atoms with Crippen molar-refractivity contribution in [3.63, 3.8) is 0 Å². The average Bonchev–Trinajstić information content (AvgIpc) is 2.28. The molecule has 0 saturated carbocycles. The Balaban J connectivity index is 2.25. The topological polar surface area (TPSA) is 83.3 Å². The van der Waals surface area contributed by atoms with Crippen molar-refractivity contribution in [3.05, 3.63) is 47.8 Å². The Morgan fingerprint density at radius 2 is 1.94 bits per heavy atom. The van der Waals surface area contributed by atoms with Crippen LogP contribution in [0.5, 0.6) is 0 Å². The summed E-state index contributed by atoms with van der Waals surface area (Å²) in [5.41, 5.74) is 3.03. The molecule has 0 spiro atoms. The van der Waals surface area contributed by atoms with Crippen molar-refractivity contribution >= 4 is 7.60 Å². The van der Waals surface area contributed by atoms with Crippen LogP contribution in [0.3, 0.4) is 0 Å². The fraction of sp³-hybridized carbons (Fsp3) is 0.167. The standard InChI is InChI=1S/C12H13N2O3P/c1-9-4-5-13-12(6-9)11-3-2-10(7-14-11)8-18(15,16)17/h2-7H,8H2,1H3,(H2,15,16,17). The highest BCUT2D eigenvalue weighted by molar-refractivity contribution is 7.50. The second-order valence-electron chi connectivity index (χ2n) is 4.09. The lowest BCUT2D eigenvalue weighted by Crippen LogP contribution is -1.91. The number of aromatic nitrogens is 2. The van der Waals surface area contributed by atoms with E-state index in [2.05, 4.69) is 9.97 Å². The first-order valence-corrected chi connectivity index (χ1v) is 7.16. The van der Waals surface area contributed by atoms with Gasteiger partial charge in [0, 0.05) is 12.4 Å². The fourth-order valence-electron chi connectivity index (χ4n) is 1.58. The van der Waals surface area contributed by atoms with Crippen LogP contribution in [0.15, 0.2) is 36.7 Å². The predicted octanol–water partition coefficient (Wildman–Crippen LogP) is 2.13. The summed E-state index contributed by atoms with van der Waals surface area (Å²) in [6, 6.07) is 7.18. The van der Waals surface area contributed by atoms with Crippen LogP contribution in [-0.4, -0.2) is 19.8 Å². The summed E-state index contributed by atoms with van der Waals surface area (Å²) in [5, 5.41) is 0. The van der Waals surface area contributed by atoms with E-state index in [0.717, 1.165) is 11.3 Å². The third kappa shape index (κ3) is 3.47. The number of aryl methyl sites for hydroxylation is 1. The molecule has 0 aliphatic heterocycles. The molecule has 0 fully saturated rings. The van der Waals surface area contributed by atoms with Crippen molar-refractivity contribution in [2.45, 2.75) is 13.1 Å². The summed E-state index contributed by atoms with van der Waals surface area (Å²) in [6.45, 7) is 1.97. The zero-order valence-electron chi connectivity index (χ0n) is 9.82. The van der Waals surface area contributed by atoms with Gasteiger partial charge in [-0.2, -0.15) is 0 Å². The summed E-state index contributed by atoms with van der Waals surface area (Å²) < 4.78 is 10.9. The summed E-state index contributed by atoms with van der Waals surface area (Å²) in [4.78, 5) is 26.1. The molecular weight excluding hydrogens is 251 g/mol. The first-order valence-electron chi connectivity index (χ1n) is 5.36. The summed E-state index contributed by atoms with van der Waals surface area (Å²) in [6.07, 6.45) is 2.88. The smallest absolute Gasteiger partial charge is 0.324 e. The first kappa shape index (κ1) is 12.9. The minimum atomic E-state index is -4.04. The van der Waals surface area contributed by atoms with Gasteiger partial charge in [-0.25, -0.2) is 0 Å². The van der Waals surface area contributed by atoms with E-state index in [0.29, 0.717) is 11.3 Å². The van der Waals surface area contributed by atoms with E-state index in [9.17, 15) is 4.57 Å². The molecule has 0 radical (unpaired) electrons. The third-order valence-corrected chi connectivity index (χ3v) is 3.17. The van der Waals surface area contributed by atoms with Crippen molar-refractivity contribution in [2.75, 3.05) is 0 Å². The van der Waals surface area contributed by atoms with E-state index in [1.165, 1.54) is 6.20 Å². The molecule has 6 heteroatoms. The van der Waals surface area contributed by atoms with E-state index in [1.54, 1.807) is 18.3 Å². The fourth-order valence-corrected chi connectivity index (χ4v) is 2.25. The largest absolute Gasteiger partial charge is 0.329 e. The van der Waals surface area contributed by atoms with E-state index in [1.807, 2.05) is 19.1 Å². The van der Waals surface area contributed by atoms with Crippen LogP contribution in [0.4, 0.5) is 0 Å². The molecule has 0 saturated heterocycles. The van der Waals surface area contributed by atoms with Gasteiger partial charge in [0.15, 0.2) is 0 Å². The number of hydrogen-bond donors (Lipinski definition) is 2. The summed E-state index contributed by atoms with van der Waals surface area (Å²) in [7, 11) is -4.04. The Labute approximate surface area is 105 Å². The van der Waals surface area contributed by atoms with Crippen molar-refractivity contribution < 1.29 is 14.4 Å². The highest BCUT2D eigenvalue weighted by Gasteiger charge is 2.14. The summed E-state index contributed by atoms with van der Waals surface area (Å²) >= 11 is 0. The molecule has 18 heavy (non-hydrogen) atoms. The second-order valence-corrected chi connectivity index (χ2v) is 5.74. The van der Waals surface area contributed by atoms with Crippen LogP contribution >= 0.6 is 7.60 Å². The highest BCUT2D eigenvalue weighted by atomic mass is 31.2. The van der Waals surface area contributed by atoms with Gasteiger partial charge in [-0.05, 0) is 36.2 Å². The van der Waals surface area contributed by atoms with Crippen LogP contribution < -0.4 is 0 Å². The molecule has 94 valence electrons. The Kier molecular flexibility index (Phi) is 3.57. The molecule has 2 rings (SSSR count). The number of rotatable bonds is 3. The van der Waals surface area contributed by atoms with Crippen molar-refractivity contribution in [2.24, 2.45) is 0 Å². The number of pyridine rings is 2. The molecule has 2 heterocycles. The lowest BCUT2D eigenvalue weighted by molar-refractivity contribution is 0.371. The molecule has 0 aliphatic carbocycles. The minimum Gasteiger partial charge on any atom is -0.324 e. The lowest BCUT2D eigenvalue weighted by atomic mass is 10.2. The summed E-state index contributed by atoms with van der Waals surface area (Å²) in [5.74, 6) is 0. The van der Waals surface area contributed by atoms with Crippen molar-refractivity contribution in [1.29, 1.82) is 0 Å². The molecule has 2 aromatic heterocycles. The molecular formula is C12H13N2O3P. The van der Waals surface area contributed by atoms with Crippen LogP contribution in [0.1, 0.15) is 11.1 Å². The van der Waals surface area contributed by atoms with Gasteiger partial charge in [-0.3, -0.25) is 14.5 Å². The molecule has 2 aromatic rings.